The number of anilines is 1. The van der Waals surface area contributed by atoms with Crippen LogP contribution in [0.4, 0.5) is 5.69 Å². The van der Waals surface area contributed by atoms with Gasteiger partial charge in [0, 0.05) is 17.6 Å². The minimum Gasteiger partial charge on any atom is -0.321 e. The number of halogens is 2. The lowest BCUT2D eigenvalue weighted by atomic mass is 10.1. The highest BCUT2D eigenvalue weighted by atomic mass is 35.5. The molecule has 0 fully saturated rings. The highest BCUT2D eigenvalue weighted by Gasteiger charge is 2.14. The van der Waals surface area contributed by atoms with Gasteiger partial charge in [-0.1, -0.05) is 53.5 Å². The standard InChI is InChI=1S/C19H15Cl2N3O/c1-12-15(19(25)24-17-8-7-14(20)10-16(17)21)11-22-18(23-12)9-13-5-3-2-4-6-13/h2-8,10-11H,9H2,1H3,(H,24,25). The van der Waals surface area contributed by atoms with E-state index < -0.39 is 0 Å². The molecule has 0 aliphatic carbocycles. The van der Waals surface area contributed by atoms with Gasteiger partial charge in [0.1, 0.15) is 5.82 Å². The van der Waals surface area contributed by atoms with Crippen molar-refractivity contribution in [1.82, 2.24) is 9.97 Å². The van der Waals surface area contributed by atoms with E-state index >= 15 is 0 Å². The zero-order valence-corrected chi connectivity index (χ0v) is 15.0. The first-order chi connectivity index (χ1) is 12.0. The Morgan fingerprint density at radius 2 is 1.88 bits per heavy atom. The minimum absolute atomic E-state index is 0.312. The maximum atomic E-state index is 12.5. The highest BCUT2D eigenvalue weighted by molar-refractivity contribution is 6.36. The highest BCUT2D eigenvalue weighted by Crippen LogP contribution is 2.26. The maximum absolute atomic E-state index is 12.5. The fourth-order valence-corrected chi connectivity index (χ4v) is 2.84. The van der Waals surface area contributed by atoms with Crippen molar-refractivity contribution in [1.29, 1.82) is 0 Å². The molecule has 4 nitrogen and oxygen atoms in total. The average molecular weight is 372 g/mol. The topological polar surface area (TPSA) is 54.9 Å². The van der Waals surface area contributed by atoms with Gasteiger partial charge in [-0.05, 0) is 30.7 Å². The first-order valence-electron chi connectivity index (χ1n) is 7.66. The third kappa shape index (κ3) is 4.35. The van der Waals surface area contributed by atoms with Gasteiger partial charge in [-0.2, -0.15) is 0 Å². The molecular formula is C19H15Cl2N3O. The van der Waals surface area contributed by atoms with Crippen molar-refractivity contribution in [3.8, 4) is 0 Å². The molecule has 3 aromatic rings. The molecule has 0 radical (unpaired) electrons. The number of nitrogens with zero attached hydrogens (tertiary/aromatic N) is 2. The predicted molar refractivity (Wildman–Crippen MR) is 100 cm³/mol. The van der Waals surface area contributed by atoms with Crippen LogP contribution in [0.2, 0.25) is 10.0 Å². The maximum Gasteiger partial charge on any atom is 0.259 e. The van der Waals surface area contributed by atoms with Gasteiger partial charge in [0.15, 0.2) is 0 Å². The fraction of sp³-hybridized carbons (Fsp3) is 0.105. The summed E-state index contributed by atoms with van der Waals surface area (Å²) >= 11 is 11.9. The van der Waals surface area contributed by atoms with E-state index in [0.717, 1.165) is 5.56 Å². The van der Waals surface area contributed by atoms with E-state index in [2.05, 4.69) is 15.3 Å². The third-order valence-corrected chi connectivity index (χ3v) is 4.21. The van der Waals surface area contributed by atoms with Gasteiger partial charge in [-0.15, -0.1) is 0 Å². The molecule has 1 N–H and O–H groups in total. The van der Waals surface area contributed by atoms with Gasteiger partial charge >= 0.3 is 0 Å². The van der Waals surface area contributed by atoms with Crippen molar-refractivity contribution in [2.24, 2.45) is 0 Å². The summed E-state index contributed by atoms with van der Waals surface area (Å²) in [6.07, 6.45) is 2.16. The molecule has 0 saturated carbocycles. The quantitative estimate of drug-likeness (QED) is 0.706. The Hall–Kier alpha value is -2.43. The lowest BCUT2D eigenvalue weighted by Gasteiger charge is -2.10. The summed E-state index contributed by atoms with van der Waals surface area (Å²) in [5.41, 5.74) is 2.63. The van der Waals surface area contributed by atoms with E-state index in [0.29, 0.717) is 39.2 Å². The lowest BCUT2D eigenvalue weighted by molar-refractivity contribution is 0.102. The minimum atomic E-state index is -0.312. The third-order valence-electron chi connectivity index (χ3n) is 3.66. The number of hydrogen-bond acceptors (Lipinski definition) is 3. The van der Waals surface area contributed by atoms with Crippen LogP contribution in [0, 0.1) is 6.92 Å². The van der Waals surface area contributed by atoms with Gasteiger partial charge < -0.3 is 5.32 Å². The number of rotatable bonds is 4. The number of aryl methyl sites for hydroxylation is 1. The van der Waals surface area contributed by atoms with E-state index in [1.807, 2.05) is 30.3 Å². The average Bonchev–Trinajstić information content (AvgIpc) is 2.58. The molecule has 0 spiro atoms. The number of amides is 1. The summed E-state index contributed by atoms with van der Waals surface area (Å²) in [5, 5.41) is 3.64. The second kappa shape index (κ2) is 7.64. The Kier molecular flexibility index (Phi) is 5.31. The molecular weight excluding hydrogens is 357 g/mol. The van der Waals surface area contributed by atoms with Crippen LogP contribution in [-0.2, 0) is 6.42 Å². The number of carbonyl (C=O) groups excluding carboxylic acids is 1. The summed E-state index contributed by atoms with van der Waals surface area (Å²) in [4.78, 5) is 21.2. The van der Waals surface area contributed by atoms with Crippen molar-refractivity contribution < 1.29 is 4.79 Å². The molecule has 3 rings (SSSR count). The smallest absolute Gasteiger partial charge is 0.259 e. The van der Waals surface area contributed by atoms with E-state index in [1.165, 1.54) is 0 Å². The second-order valence-electron chi connectivity index (χ2n) is 5.53. The molecule has 6 heteroatoms. The molecule has 1 aromatic heterocycles. The van der Waals surface area contributed by atoms with Crippen molar-refractivity contribution >= 4 is 34.8 Å². The Morgan fingerprint density at radius 3 is 2.56 bits per heavy atom. The normalized spacial score (nSPS) is 10.5. The lowest BCUT2D eigenvalue weighted by Crippen LogP contribution is -2.16. The van der Waals surface area contributed by atoms with Crippen LogP contribution in [0.1, 0.15) is 27.4 Å². The van der Waals surface area contributed by atoms with Crippen molar-refractivity contribution in [2.75, 3.05) is 5.32 Å². The summed E-state index contributed by atoms with van der Waals surface area (Å²) in [6, 6.07) is 14.8. The molecule has 0 atom stereocenters. The second-order valence-corrected chi connectivity index (χ2v) is 6.37. The van der Waals surface area contributed by atoms with Crippen LogP contribution in [0.25, 0.3) is 0 Å². The summed E-state index contributed by atoms with van der Waals surface area (Å²) < 4.78 is 0. The van der Waals surface area contributed by atoms with E-state index in [9.17, 15) is 4.79 Å². The van der Waals surface area contributed by atoms with E-state index in [-0.39, 0.29) is 5.91 Å². The number of nitrogens with one attached hydrogen (secondary N) is 1. The molecule has 126 valence electrons. The van der Waals surface area contributed by atoms with Crippen LogP contribution in [-0.4, -0.2) is 15.9 Å². The Morgan fingerprint density at radius 1 is 1.12 bits per heavy atom. The van der Waals surface area contributed by atoms with Crippen molar-refractivity contribution in [3.63, 3.8) is 0 Å². The monoisotopic (exact) mass is 371 g/mol. The molecule has 25 heavy (non-hydrogen) atoms. The Balaban J connectivity index is 1.77. The molecule has 1 heterocycles. The van der Waals surface area contributed by atoms with Gasteiger partial charge in [0.2, 0.25) is 0 Å². The SMILES string of the molecule is Cc1nc(Cc2ccccc2)ncc1C(=O)Nc1ccc(Cl)cc1Cl. The predicted octanol–water partition coefficient (Wildman–Crippen LogP) is 4.93. The molecule has 2 aromatic carbocycles. The van der Waals surface area contributed by atoms with Crippen molar-refractivity contribution in [3.05, 3.63) is 87.4 Å². The zero-order valence-electron chi connectivity index (χ0n) is 13.5. The first kappa shape index (κ1) is 17.4. The Labute approximate surface area is 155 Å². The van der Waals surface area contributed by atoms with Crippen LogP contribution >= 0.6 is 23.2 Å². The first-order valence-corrected chi connectivity index (χ1v) is 8.41. The van der Waals surface area contributed by atoms with Gasteiger partial charge in [-0.25, -0.2) is 9.97 Å². The number of hydrogen-bond donors (Lipinski definition) is 1. The largest absolute Gasteiger partial charge is 0.321 e. The number of carbonyl (C=O) groups is 1. The molecule has 1 amide bonds. The van der Waals surface area contributed by atoms with Gasteiger partial charge in [0.25, 0.3) is 5.91 Å². The van der Waals surface area contributed by atoms with Crippen LogP contribution in [0.5, 0.6) is 0 Å². The molecule has 0 bridgehead atoms. The summed E-state index contributed by atoms with van der Waals surface area (Å²) in [5.74, 6) is 0.359. The fourth-order valence-electron chi connectivity index (χ4n) is 2.38. The van der Waals surface area contributed by atoms with E-state index in [1.54, 1.807) is 31.3 Å². The zero-order chi connectivity index (χ0) is 17.8. The van der Waals surface area contributed by atoms with Crippen molar-refractivity contribution in [2.45, 2.75) is 13.3 Å². The van der Waals surface area contributed by atoms with E-state index in [4.69, 9.17) is 23.2 Å². The Bertz CT molecular complexity index is 914. The van der Waals surface area contributed by atoms with Crippen LogP contribution < -0.4 is 5.32 Å². The molecule has 0 unspecified atom stereocenters. The summed E-state index contributed by atoms with van der Waals surface area (Å²) in [7, 11) is 0. The van der Waals surface area contributed by atoms with Gasteiger partial charge in [-0.3, -0.25) is 4.79 Å². The molecule has 0 saturated heterocycles. The molecule has 0 aliphatic rings. The number of benzene rings is 2. The van der Waals surface area contributed by atoms with Crippen LogP contribution in [0.15, 0.2) is 54.7 Å². The van der Waals surface area contributed by atoms with Crippen LogP contribution in [0.3, 0.4) is 0 Å². The number of aromatic nitrogens is 2. The van der Waals surface area contributed by atoms with Gasteiger partial charge in [0.05, 0.1) is 22.0 Å². The summed E-state index contributed by atoms with van der Waals surface area (Å²) in [6.45, 7) is 1.79. The molecule has 0 aliphatic heterocycles.